The summed E-state index contributed by atoms with van der Waals surface area (Å²) in [5.74, 6) is -0.526. The second-order valence-corrected chi connectivity index (χ2v) is 6.41. The molecule has 12 heteroatoms. The van der Waals surface area contributed by atoms with Gasteiger partial charge in [0.1, 0.15) is 24.0 Å². The van der Waals surface area contributed by atoms with Crippen LogP contribution in [0.25, 0.3) is 0 Å². The van der Waals surface area contributed by atoms with Gasteiger partial charge in [-0.05, 0) is 31.2 Å². The molecule has 0 radical (unpaired) electrons. The number of carbonyl (C=O) groups excluding carboxylic acids is 1. The number of halogens is 3. The smallest absolute Gasteiger partial charge is 0.416 e. The lowest BCUT2D eigenvalue weighted by Gasteiger charge is -2.15. The molecule has 0 saturated carbocycles. The number of nitrogens with zero attached hydrogens (tertiary/aromatic N) is 1. The molecule has 1 atom stereocenters. The topological polar surface area (TPSA) is 120 Å². The summed E-state index contributed by atoms with van der Waals surface area (Å²) < 4.78 is 53.3. The lowest BCUT2D eigenvalue weighted by Crippen LogP contribution is -2.35. The SMILES string of the molecule is CCOc1cc(C(=O)NCC(O)COc2ccc(C(F)(F)F)cc2)c([N+](=O)[O-])cc1OC. The van der Waals surface area contributed by atoms with E-state index in [4.69, 9.17) is 14.2 Å². The maximum atomic E-state index is 12.6. The third kappa shape index (κ3) is 6.48. The van der Waals surface area contributed by atoms with Gasteiger partial charge in [0, 0.05) is 12.6 Å². The van der Waals surface area contributed by atoms with E-state index >= 15 is 0 Å². The van der Waals surface area contributed by atoms with Gasteiger partial charge < -0.3 is 24.6 Å². The average molecular weight is 458 g/mol. The first-order valence-corrected chi connectivity index (χ1v) is 9.32. The van der Waals surface area contributed by atoms with E-state index in [0.717, 1.165) is 30.3 Å². The molecule has 2 aromatic rings. The number of methoxy groups -OCH3 is 1. The van der Waals surface area contributed by atoms with Gasteiger partial charge in [-0.1, -0.05) is 0 Å². The molecule has 9 nitrogen and oxygen atoms in total. The minimum Gasteiger partial charge on any atom is -0.493 e. The molecule has 2 N–H and O–H groups in total. The van der Waals surface area contributed by atoms with E-state index in [1.165, 1.54) is 13.2 Å². The van der Waals surface area contributed by atoms with Crippen LogP contribution in [0.15, 0.2) is 36.4 Å². The van der Waals surface area contributed by atoms with Gasteiger partial charge in [0.15, 0.2) is 11.5 Å². The van der Waals surface area contributed by atoms with E-state index in [9.17, 15) is 33.2 Å². The average Bonchev–Trinajstić information content (AvgIpc) is 2.75. The van der Waals surface area contributed by atoms with Crippen LogP contribution in [0, 0.1) is 10.1 Å². The quantitative estimate of drug-likeness (QED) is 0.414. The number of hydrogen-bond donors (Lipinski definition) is 2. The van der Waals surface area contributed by atoms with Crippen LogP contribution in [0.4, 0.5) is 18.9 Å². The van der Waals surface area contributed by atoms with Crippen molar-refractivity contribution in [2.45, 2.75) is 19.2 Å². The maximum absolute atomic E-state index is 12.6. The van der Waals surface area contributed by atoms with Crippen LogP contribution in [0.3, 0.4) is 0 Å². The number of hydrogen-bond acceptors (Lipinski definition) is 7. The Kier molecular flexibility index (Phi) is 8.24. The third-order valence-electron chi connectivity index (χ3n) is 4.15. The molecule has 0 aliphatic rings. The Balaban J connectivity index is 2.00. The fraction of sp³-hybridized carbons (Fsp3) is 0.350. The number of rotatable bonds is 10. The van der Waals surface area contributed by atoms with Crippen molar-refractivity contribution in [2.75, 3.05) is 26.9 Å². The normalized spacial score (nSPS) is 12.1. The van der Waals surface area contributed by atoms with Gasteiger partial charge >= 0.3 is 6.18 Å². The van der Waals surface area contributed by atoms with Crippen molar-refractivity contribution < 1.29 is 42.2 Å². The highest BCUT2D eigenvalue weighted by Gasteiger charge is 2.30. The van der Waals surface area contributed by atoms with Gasteiger partial charge in [-0.25, -0.2) is 0 Å². The Bertz CT molecular complexity index is 949. The van der Waals surface area contributed by atoms with Gasteiger partial charge in [0.25, 0.3) is 11.6 Å². The van der Waals surface area contributed by atoms with Gasteiger partial charge in [-0.15, -0.1) is 0 Å². The standard InChI is InChI=1S/C20H21F3N2O7/c1-3-31-18-8-15(16(25(28)29)9-17(18)30-2)19(27)24-10-13(26)11-32-14-6-4-12(5-7-14)20(21,22)23/h4-9,13,26H,3,10-11H2,1-2H3,(H,24,27). The largest absolute Gasteiger partial charge is 0.493 e. The van der Waals surface area contributed by atoms with Crippen molar-refractivity contribution in [2.24, 2.45) is 0 Å². The van der Waals surface area contributed by atoms with E-state index in [-0.39, 0.29) is 42.6 Å². The number of ether oxygens (including phenoxy) is 3. The number of amides is 1. The molecule has 0 heterocycles. The summed E-state index contributed by atoms with van der Waals surface area (Å²) in [7, 11) is 1.30. The molecule has 174 valence electrons. The van der Waals surface area contributed by atoms with Crippen LogP contribution < -0.4 is 19.5 Å². The molecular formula is C20H21F3N2O7. The highest BCUT2D eigenvalue weighted by molar-refractivity contribution is 5.99. The summed E-state index contributed by atoms with van der Waals surface area (Å²) in [6, 6.07) is 6.10. The van der Waals surface area contributed by atoms with Gasteiger partial charge in [-0.3, -0.25) is 14.9 Å². The predicted molar refractivity (Wildman–Crippen MR) is 106 cm³/mol. The zero-order valence-electron chi connectivity index (χ0n) is 17.1. The molecule has 0 spiro atoms. The number of aliphatic hydroxyl groups is 1. The Morgan fingerprint density at radius 3 is 2.38 bits per heavy atom. The monoisotopic (exact) mass is 458 g/mol. The number of aliphatic hydroxyl groups excluding tert-OH is 1. The molecular weight excluding hydrogens is 437 g/mol. The van der Waals surface area contributed by atoms with Gasteiger partial charge in [0.2, 0.25) is 0 Å². The number of carbonyl (C=O) groups is 1. The summed E-state index contributed by atoms with van der Waals surface area (Å²) in [5.41, 5.74) is -1.65. The molecule has 32 heavy (non-hydrogen) atoms. The Hall–Kier alpha value is -3.54. The van der Waals surface area contributed by atoms with Gasteiger partial charge in [-0.2, -0.15) is 13.2 Å². The lowest BCUT2D eigenvalue weighted by atomic mass is 10.1. The maximum Gasteiger partial charge on any atom is 0.416 e. The molecule has 0 bridgehead atoms. The van der Waals surface area contributed by atoms with E-state index in [0.29, 0.717) is 0 Å². The van der Waals surface area contributed by atoms with E-state index in [1.54, 1.807) is 6.92 Å². The molecule has 0 saturated heterocycles. The molecule has 0 aliphatic carbocycles. The molecule has 2 aromatic carbocycles. The number of benzene rings is 2. The van der Waals surface area contributed by atoms with E-state index in [1.807, 2.05) is 0 Å². The van der Waals surface area contributed by atoms with Crippen molar-refractivity contribution in [3.05, 3.63) is 57.6 Å². The van der Waals surface area contributed by atoms with E-state index < -0.39 is 34.4 Å². The van der Waals surface area contributed by atoms with Crippen molar-refractivity contribution in [1.29, 1.82) is 0 Å². The zero-order valence-corrected chi connectivity index (χ0v) is 17.1. The van der Waals surface area contributed by atoms with E-state index in [2.05, 4.69) is 5.32 Å². The number of nitrogens with one attached hydrogen (secondary N) is 1. The first-order chi connectivity index (χ1) is 15.1. The predicted octanol–water partition coefficient (Wildman–Crippen LogP) is 3.19. The summed E-state index contributed by atoms with van der Waals surface area (Å²) in [6.07, 6.45) is -5.71. The summed E-state index contributed by atoms with van der Waals surface area (Å²) in [4.78, 5) is 23.0. The van der Waals surface area contributed by atoms with Crippen LogP contribution >= 0.6 is 0 Å². The second-order valence-electron chi connectivity index (χ2n) is 6.41. The Morgan fingerprint density at radius 1 is 1.19 bits per heavy atom. The number of alkyl halides is 3. The lowest BCUT2D eigenvalue weighted by molar-refractivity contribution is -0.385. The van der Waals surface area contributed by atoms with Crippen LogP contribution in [-0.2, 0) is 6.18 Å². The van der Waals surface area contributed by atoms with Gasteiger partial charge in [0.05, 0.1) is 30.3 Å². The number of nitro groups is 1. The van der Waals surface area contributed by atoms with Crippen molar-refractivity contribution in [1.82, 2.24) is 5.32 Å². The van der Waals surface area contributed by atoms with Crippen molar-refractivity contribution >= 4 is 11.6 Å². The molecule has 0 aromatic heterocycles. The Morgan fingerprint density at radius 2 is 1.84 bits per heavy atom. The first kappa shape index (κ1) is 24.7. The molecule has 0 aliphatic heterocycles. The first-order valence-electron chi connectivity index (χ1n) is 9.32. The van der Waals surface area contributed by atoms with Crippen LogP contribution in [-0.4, -0.2) is 48.9 Å². The van der Waals surface area contributed by atoms with Crippen molar-refractivity contribution in [3.8, 4) is 17.2 Å². The summed E-state index contributed by atoms with van der Waals surface area (Å²) >= 11 is 0. The van der Waals surface area contributed by atoms with Crippen LogP contribution in [0.5, 0.6) is 17.2 Å². The summed E-state index contributed by atoms with van der Waals surface area (Å²) in [5, 5.41) is 23.7. The fourth-order valence-corrected chi connectivity index (χ4v) is 2.61. The molecule has 0 fully saturated rings. The van der Waals surface area contributed by atoms with Crippen molar-refractivity contribution in [3.63, 3.8) is 0 Å². The molecule has 1 amide bonds. The molecule has 1 unspecified atom stereocenters. The highest BCUT2D eigenvalue weighted by Crippen LogP contribution is 2.35. The third-order valence-corrected chi connectivity index (χ3v) is 4.15. The number of nitro benzene ring substituents is 1. The molecule has 2 rings (SSSR count). The zero-order chi connectivity index (χ0) is 23.9. The minimum atomic E-state index is -4.48. The summed E-state index contributed by atoms with van der Waals surface area (Å²) in [6.45, 7) is 1.26. The second kappa shape index (κ2) is 10.7. The van der Waals surface area contributed by atoms with Crippen LogP contribution in [0.2, 0.25) is 0 Å². The minimum absolute atomic E-state index is 0.0834. The highest BCUT2D eigenvalue weighted by atomic mass is 19.4. The Labute approximate surface area is 180 Å². The van der Waals surface area contributed by atoms with Crippen LogP contribution in [0.1, 0.15) is 22.8 Å². The fourth-order valence-electron chi connectivity index (χ4n) is 2.61.